The minimum atomic E-state index is -0.160. The number of allylic oxidation sites excluding steroid dienone is 2. The summed E-state index contributed by atoms with van der Waals surface area (Å²) < 4.78 is 12.3. The molecule has 6 rings (SSSR count). The largest absolute Gasteiger partial charge is 0.465 e. The van der Waals surface area contributed by atoms with E-state index in [1.807, 2.05) is 25.3 Å². The van der Waals surface area contributed by atoms with Gasteiger partial charge in [-0.15, -0.1) is 0 Å². The lowest BCUT2D eigenvalue weighted by Crippen LogP contribution is -2.28. The third-order valence-electron chi connectivity index (χ3n) is 6.10. The van der Waals surface area contributed by atoms with Gasteiger partial charge in [-0.1, -0.05) is 66.7 Å². The zero-order valence-corrected chi connectivity index (χ0v) is 17.4. The molecule has 2 aliphatic heterocycles. The molecule has 0 radical (unpaired) electrons. The number of hydrogen-bond donors (Lipinski definition) is 0. The SMILES string of the molecule is CN1C(=CC=CC2Oc3ccc4ccccc4c3N2C)Oc2ccc3ccccc3c21. The number of ether oxygens (including phenoxy) is 2. The van der Waals surface area contributed by atoms with E-state index in [1.54, 1.807) is 0 Å². The van der Waals surface area contributed by atoms with Gasteiger partial charge < -0.3 is 19.3 Å². The van der Waals surface area contributed by atoms with Gasteiger partial charge in [-0.2, -0.15) is 0 Å². The lowest BCUT2D eigenvalue weighted by molar-refractivity contribution is 0.279. The number of hydrogen-bond acceptors (Lipinski definition) is 4. The van der Waals surface area contributed by atoms with Crippen molar-refractivity contribution in [1.29, 1.82) is 0 Å². The van der Waals surface area contributed by atoms with Crippen LogP contribution in [0.2, 0.25) is 0 Å². The van der Waals surface area contributed by atoms with Crippen LogP contribution in [0.4, 0.5) is 11.4 Å². The Morgan fingerprint density at radius 3 is 2.13 bits per heavy atom. The number of fused-ring (bicyclic) bond motifs is 6. The summed E-state index contributed by atoms with van der Waals surface area (Å²) in [7, 11) is 4.11. The van der Waals surface area contributed by atoms with Crippen molar-refractivity contribution in [2.45, 2.75) is 6.23 Å². The van der Waals surface area contributed by atoms with Gasteiger partial charge >= 0.3 is 0 Å². The predicted octanol–water partition coefficient (Wildman–Crippen LogP) is 6.07. The molecule has 152 valence electrons. The first-order valence-electron chi connectivity index (χ1n) is 10.4. The molecule has 1 atom stereocenters. The van der Waals surface area contributed by atoms with Crippen molar-refractivity contribution < 1.29 is 9.47 Å². The van der Waals surface area contributed by atoms with E-state index in [1.165, 1.54) is 21.5 Å². The molecule has 0 saturated heterocycles. The van der Waals surface area contributed by atoms with E-state index in [-0.39, 0.29) is 6.23 Å². The summed E-state index contributed by atoms with van der Waals surface area (Å²) in [4.78, 5) is 4.28. The highest BCUT2D eigenvalue weighted by Crippen LogP contribution is 2.44. The van der Waals surface area contributed by atoms with Gasteiger partial charge in [-0.3, -0.25) is 0 Å². The minimum Gasteiger partial charge on any atom is -0.465 e. The first-order chi connectivity index (χ1) is 15.2. The zero-order chi connectivity index (χ0) is 20.9. The Hall–Kier alpha value is -3.92. The van der Waals surface area contributed by atoms with Crippen LogP contribution < -0.4 is 19.3 Å². The molecule has 0 aliphatic carbocycles. The summed E-state index contributed by atoms with van der Waals surface area (Å²) in [5.41, 5.74) is 2.24. The topological polar surface area (TPSA) is 24.9 Å². The smallest absolute Gasteiger partial charge is 0.200 e. The van der Waals surface area contributed by atoms with Gasteiger partial charge in [0.05, 0.1) is 11.4 Å². The van der Waals surface area contributed by atoms with Crippen molar-refractivity contribution in [3.05, 3.63) is 96.9 Å². The Bertz CT molecular complexity index is 1390. The number of anilines is 2. The second-order valence-corrected chi connectivity index (χ2v) is 7.94. The monoisotopic (exact) mass is 406 g/mol. The zero-order valence-electron chi connectivity index (χ0n) is 17.4. The van der Waals surface area contributed by atoms with Crippen LogP contribution in [0.5, 0.6) is 11.5 Å². The first kappa shape index (κ1) is 17.9. The van der Waals surface area contributed by atoms with E-state index in [0.717, 1.165) is 28.8 Å². The van der Waals surface area contributed by atoms with Crippen LogP contribution in [0.3, 0.4) is 0 Å². The van der Waals surface area contributed by atoms with Crippen LogP contribution >= 0.6 is 0 Å². The molecule has 4 nitrogen and oxygen atoms in total. The average Bonchev–Trinajstić information content (AvgIpc) is 3.31. The number of nitrogens with zero attached hydrogens (tertiary/aromatic N) is 2. The van der Waals surface area contributed by atoms with Gasteiger partial charge in [0.1, 0.15) is 5.75 Å². The summed E-state index contributed by atoms with van der Waals surface area (Å²) in [6.45, 7) is 0. The lowest BCUT2D eigenvalue weighted by Gasteiger charge is -2.18. The van der Waals surface area contributed by atoms with Gasteiger partial charge in [0.2, 0.25) is 0 Å². The highest BCUT2D eigenvalue weighted by Gasteiger charge is 2.28. The maximum absolute atomic E-state index is 6.19. The molecule has 4 aromatic rings. The van der Waals surface area contributed by atoms with Crippen molar-refractivity contribution in [2.75, 3.05) is 23.9 Å². The molecule has 4 heteroatoms. The maximum Gasteiger partial charge on any atom is 0.200 e. The summed E-state index contributed by atoms with van der Waals surface area (Å²) in [5, 5.41) is 4.82. The van der Waals surface area contributed by atoms with Gasteiger partial charge in [0.25, 0.3) is 0 Å². The molecule has 1 unspecified atom stereocenters. The fourth-order valence-electron chi connectivity index (χ4n) is 4.53. The Labute approximate surface area is 181 Å². The van der Waals surface area contributed by atoms with Crippen molar-refractivity contribution in [2.24, 2.45) is 0 Å². The average molecular weight is 406 g/mol. The Morgan fingerprint density at radius 2 is 1.39 bits per heavy atom. The minimum absolute atomic E-state index is 0.160. The molecule has 31 heavy (non-hydrogen) atoms. The number of likely N-dealkylation sites (N-methyl/N-ethyl adjacent to an activating group) is 1. The van der Waals surface area contributed by atoms with E-state index in [4.69, 9.17) is 9.47 Å². The molecule has 0 spiro atoms. The molecule has 0 amide bonds. The molecule has 4 aromatic carbocycles. The maximum atomic E-state index is 6.19. The molecule has 0 fully saturated rings. The van der Waals surface area contributed by atoms with Crippen LogP contribution in [-0.4, -0.2) is 20.3 Å². The highest BCUT2D eigenvalue weighted by atomic mass is 16.5. The molecule has 0 aromatic heterocycles. The Balaban J connectivity index is 1.27. The van der Waals surface area contributed by atoms with E-state index >= 15 is 0 Å². The van der Waals surface area contributed by atoms with Crippen LogP contribution in [0.15, 0.2) is 96.9 Å². The molecular formula is C27H22N2O2. The highest BCUT2D eigenvalue weighted by molar-refractivity contribution is 5.99. The summed E-state index contributed by atoms with van der Waals surface area (Å²) in [6.07, 6.45) is 5.90. The van der Waals surface area contributed by atoms with Crippen molar-refractivity contribution in [3.63, 3.8) is 0 Å². The molecule has 0 bridgehead atoms. The van der Waals surface area contributed by atoms with Crippen molar-refractivity contribution in [1.82, 2.24) is 0 Å². The fraction of sp³-hybridized carbons (Fsp3) is 0.111. The molecular weight excluding hydrogens is 384 g/mol. The molecule has 0 saturated carbocycles. The first-order valence-corrected chi connectivity index (χ1v) is 10.4. The van der Waals surface area contributed by atoms with Gasteiger partial charge in [0.15, 0.2) is 17.9 Å². The van der Waals surface area contributed by atoms with Crippen LogP contribution in [-0.2, 0) is 0 Å². The van der Waals surface area contributed by atoms with Crippen LogP contribution in [0.1, 0.15) is 0 Å². The van der Waals surface area contributed by atoms with Gasteiger partial charge in [-0.25, -0.2) is 0 Å². The molecule has 0 N–H and O–H groups in total. The fourth-order valence-corrected chi connectivity index (χ4v) is 4.53. The molecule has 2 aliphatic rings. The lowest BCUT2D eigenvalue weighted by atomic mass is 10.1. The van der Waals surface area contributed by atoms with Crippen molar-refractivity contribution >= 4 is 32.9 Å². The Kier molecular flexibility index (Phi) is 3.93. The third kappa shape index (κ3) is 2.76. The van der Waals surface area contributed by atoms with E-state index in [0.29, 0.717) is 0 Å². The summed E-state index contributed by atoms with van der Waals surface area (Å²) in [6, 6.07) is 25.1. The van der Waals surface area contributed by atoms with E-state index < -0.39 is 0 Å². The quantitative estimate of drug-likeness (QED) is 0.403. The van der Waals surface area contributed by atoms with Gasteiger partial charge in [-0.05, 0) is 35.1 Å². The van der Waals surface area contributed by atoms with E-state index in [9.17, 15) is 0 Å². The predicted molar refractivity (Wildman–Crippen MR) is 127 cm³/mol. The summed E-state index contributed by atoms with van der Waals surface area (Å²) >= 11 is 0. The number of rotatable bonds is 2. The molecule has 2 heterocycles. The van der Waals surface area contributed by atoms with Crippen LogP contribution in [0.25, 0.3) is 21.5 Å². The second kappa shape index (κ2) is 6.81. The van der Waals surface area contributed by atoms with Crippen molar-refractivity contribution in [3.8, 4) is 11.5 Å². The van der Waals surface area contributed by atoms with Crippen LogP contribution in [0, 0.1) is 0 Å². The second-order valence-electron chi connectivity index (χ2n) is 7.94. The number of benzene rings is 4. The Morgan fingerprint density at radius 1 is 0.742 bits per heavy atom. The standard InChI is InChI=1S/C27H22N2O2/c1-28-24(30-22-16-14-18-8-3-5-10-20(18)26(22)28)12-7-13-25-29(2)27-21-11-6-4-9-19(21)15-17-23(27)31-25/h3-17,24H,1-2H3. The van der Waals surface area contributed by atoms with Gasteiger partial charge in [0, 0.05) is 24.9 Å². The third-order valence-corrected chi connectivity index (χ3v) is 6.10. The summed E-state index contributed by atoms with van der Waals surface area (Å²) in [5.74, 6) is 2.59. The normalized spacial score (nSPS) is 18.6. The van der Waals surface area contributed by atoms with E-state index in [2.05, 4.69) is 89.7 Å².